The molecule has 0 aromatic heterocycles. The van der Waals surface area contributed by atoms with Crippen LogP contribution in [-0.2, 0) is 4.74 Å². The number of fused-ring (bicyclic) bond motifs is 1. The second kappa shape index (κ2) is 11.2. The zero-order valence-corrected chi connectivity index (χ0v) is 20.6. The standard InChI is InChI=1S/C29H35N5O/c1-4-20(2)11-14-34-21(3)29(33-27-10-7-24(17-28(27)34)25(18-30)19-31)32-26-8-5-22(6-9-26)23-12-15-35-16-13-23/h5-11,14,17-20,23,30H,3-4,12-13,15-16,31H2,1-2H3,(H,32,33)/b14-11-,25-19+,30-18?. The molecular weight excluding hydrogens is 434 g/mol. The molecule has 2 aromatic rings. The summed E-state index contributed by atoms with van der Waals surface area (Å²) in [4.78, 5) is 6.95. The van der Waals surface area contributed by atoms with Crippen molar-refractivity contribution in [2.24, 2.45) is 16.6 Å². The Morgan fingerprint density at radius 3 is 2.66 bits per heavy atom. The van der Waals surface area contributed by atoms with Crippen molar-refractivity contribution in [2.45, 2.75) is 39.0 Å². The third-order valence-electron chi connectivity index (χ3n) is 6.77. The lowest BCUT2D eigenvalue weighted by Gasteiger charge is -2.30. The van der Waals surface area contributed by atoms with Crippen LogP contribution < -0.4 is 16.0 Å². The quantitative estimate of drug-likeness (QED) is 0.401. The average molecular weight is 470 g/mol. The highest BCUT2D eigenvalue weighted by molar-refractivity contribution is 6.15. The number of nitrogens with zero attached hydrogens (tertiary/aromatic N) is 2. The fourth-order valence-electron chi connectivity index (χ4n) is 4.31. The van der Waals surface area contributed by atoms with E-state index in [1.165, 1.54) is 18.0 Å². The lowest BCUT2D eigenvalue weighted by molar-refractivity contribution is 0.0853. The van der Waals surface area contributed by atoms with Gasteiger partial charge in [-0.25, -0.2) is 4.99 Å². The molecule has 1 atom stereocenters. The molecule has 2 aliphatic rings. The Bertz CT molecular complexity index is 1160. The molecule has 0 amide bonds. The summed E-state index contributed by atoms with van der Waals surface area (Å²) < 4.78 is 5.50. The summed E-state index contributed by atoms with van der Waals surface area (Å²) in [7, 11) is 0. The van der Waals surface area contributed by atoms with Crippen molar-refractivity contribution in [2.75, 3.05) is 23.4 Å². The number of anilines is 2. The summed E-state index contributed by atoms with van der Waals surface area (Å²) in [5.41, 5.74) is 12.1. The number of hydrogen-bond acceptors (Lipinski definition) is 6. The molecule has 1 fully saturated rings. The van der Waals surface area contributed by atoms with E-state index in [1.807, 2.05) is 18.2 Å². The van der Waals surface area contributed by atoms with Gasteiger partial charge in [0.15, 0.2) is 5.84 Å². The molecular formula is C29H35N5O. The molecule has 1 saturated heterocycles. The smallest absolute Gasteiger partial charge is 0.154 e. The molecule has 0 saturated carbocycles. The van der Waals surface area contributed by atoms with E-state index in [-0.39, 0.29) is 0 Å². The molecule has 6 nitrogen and oxygen atoms in total. The van der Waals surface area contributed by atoms with Crippen molar-refractivity contribution < 1.29 is 4.74 Å². The summed E-state index contributed by atoms with van der Waals surface area (Å²) in [6, 6.07) is 14.5. The average Bonchev–Trinajstić information content (AvgIpc) is 2.90. The van der Waals surface area contributed by atoms with Crippen molar-refractivity contribution in [3.05, 3.63) is 84.3 Å². The van der Waals surface area contributed by atoms with E-state index in [4.69, 9.17) is 20.9 Å². The molecule has 0 spiro atoms. The molecule has 1 unspecified atom stereocenters. The van der Waals surface area contributed by atoms with E-state index in [9.17, 15) is 0 Å². The second-order valence-electron chi connectivity index (χ2n) is 9.11. The van der Waals surface area contributed by atoms with Gasteiger partial charge in [0.05, 0.1) is 17.1 Å². The SMILES string of the molecule is C=C1C(Nc2ccc(C3CCOCC3)cc2)=Nc2ccc(/C(C=N)=C/N)cc2N1/C=C\C(C)CC. The van der Waals surface area contributed by atoms with Gasteiger partial charge in [0.25, 0.3) is 0 Å². The Labute approximate surface area is 208 Å². The predicted octanol–water partition coefficient (Wildman–Crippen LogP) is 6.57. The maximum Gasteiger partial charge on any atom is 0.154 e. The number of amidine groups is 1. The number of allylic oxidation sites excluding steroid dienone is 2. The normalized spacial score (nSPS) is 17.8. The molecule has 0 bridgehead atoms. The number of rotatable bonds is 7. The Hall–Kier alpha value is -3.64. The van der Waals surface area contributed by atoms with Crippen LogP contribution in [0.2, 0.25) is 0 Å². The van der Waals surface area contributed by atoms with E-state index >= 15 is 0 Å². The van der Waals surface area contributed by atoms with Crippen molar-refractivity contribution in [3.8, 4) is 0 Å². The van der Waals surface area contributed by atoms with Crippen LogP contribution in [0.3, 0.4) is 0 Å². The predicted molar refractivity (Wildman–Crippen MR) is 148 cm³/mol. The van der Waals surface area contributed by atoms with Gasteiger partial charge in [0, 0.05) is 43.1 Å². The minimum absolute atomic E-state index is 0.434. The van der Waals surface area contributed by atoms with Crippen molar-refractivity contribution in [1.29, 1.82) is 5.41 Å². The van der Waals surface area contributed by atoms with Crippen molar-refractivity contribution in [3.63, 3.8) is 0 Å². The van der Waals surface area contributed by atoms with Gasteiger partial charge in [-0.2, -0.15) is 0 Å². The molecule has 0 aliphatic carbocycles. The molecule has 35 heavy (non-hydrogen) atoms. The number of aliphatic imine (C=N–C) groups is 1. The van der Waals surface area contributed by atoms with Gasteiger partial charge >= 0.3 is 0 Å². The van der Waals surface area contributed by atoms with Crippen LogP contribution >= 0.6 is 0 Å². The Morgan fingerprint density at radius 1 is 1.26 bits per heavy atom. The number of hydrogen-bond donors (Lipinski definition) is 3. The molecule has 0 radical (unpaired) electrons. The zero-order chi connectivity index (χ0) is 24.8. The summed E-state index contributed by atoms with van der Waals surface area (Å²) in [5, 5.41) is 11.1. The molecule has 4 rings (SSSR count). The largest absolute Gasteiger partial charge is 0.404 e. The van der Waals surface area contributed by atoms with E-state index in [1.54, 1.807) is 0 Å². The molecule has 2 heterocycles. The second-order valence-corrected chi connectivity index (χ2v) is 9.11. The minimum atomic E-state index is 0.434. The third-order valence-corrected chi connectivity index (χ3v) is 6.77. The van der Waals surface area contributed by atoms with Crippen LogP contribution in [-0.4, -0.2) is 25.3 Å². The topological polar surface area (TPSA) is 86.7 Å². The summed E-state index contributed by atoms with van der Waals surface area (Å²) in [6.07, 6.45) is 10.2. The monoisotopic (exact) mass is 469 g/mol. The van der Waals surface area contributed by atoms with Crippen LogP contribution in [0.15, 0.2) is 78.2 Å². The first-order valence-electron chi connectivity index (χ1n) is 12.3. The number of nitrogens with one attached hydrogen (secondary N) is 2. The van der Waals surface area contributed by atoms with Gasteiger partial charge in [-0.1, -0.05) is 51.1 Å². The minimum Gasteiger partial charge on any atom is -0.404 e. The zero-order valence-electron chi connectivity index (χ0n) is 20.6. The van der Waals surface area contributed by atoms with Gasteiger partial charge in [-0.3, -0.25) is 0 Å². The molecule has 2 aliphatic heterocycles. The van der Waals surface area contributed by atoms with Gasteiger partial charge in [0.2, 0.25) is 0 Å². The summed E-state index contributed by atoms with van der Waals surface area (Å²) >= 11 is 0. The van der Waals surface area contributed by atoms with E-state index in [0.717, 1.165) is 60.8 Å². The Balaban J connectivity index is 1.64. The number of nitrogens with two attached hydrogens (primary N) is 1. The number of ether oxygens (including phenoxy) is 1. The highest BCUT2D eigenvalue weighted by atomic mass is 16.5. The van der Waals surface area contributed by atoms with Crippen LogP contribution in [0.1, 0.15) is 50.2 Å². The Kier molecular flexibility index (Phi) is 7.83. The Morgan fingerprint density at radius 2 is 2.00 bits per heavy atom. The molecule has 2 aromatic carbocycles. The van der Waals surface area contributed by atoms with Gasteiger partial charge in [-0.05, 0) is 60.1 Å². The lowest BCUT2D eigenvalue weighted by Crippen LogP contribution is -2.29. The van der Waals surface area contributed by atoms with Crippen LogP contribution in [0.5, 0.6) is 0 Å². The van der Waals surface area contributed by atoms with Crippen LogP contribution in [0.4, 0.5) is 17.1 Å². The maximum absolute atomic E-state index is 7.66. The first-order chi connectivity index (χ1) is 17.0. The van der Waals surface area contributed by atoms with E-state index < -0.39 is 0 Å². The molecule has 6 heteroatoms. The van der Waals surface area contributed by atoms with E-state index in [0.29, 0.717) is 23.2 Å². The van der Waals surface area contributed by atoms with Crippen LogP contribution in [0.25, 0.3) is 5.57 Å². The third kappa shape index (κ3) is 5.54. The molecule has 182 valence electrons. The van der Waals surface area contributed by atoms with Gasteiger partial charge in [0.1, 0.15) is 0 Å². The first kappa shape index (κ1) is 24.5. The summed E-state index contributed by atoms with van der Waals surface area (Å²) in [5.74, 6) is 1.71. The lowest BCUT2D eigenvalue weighted by atomic mass is 9.92. The highest BCUT2D eigenvalue weighted by Gasteiger charge is 2.23. The first-order valence-corrected chi connectivity index (χ1v) is 12.3. The van der Waals surface area contributed by atoms with Crippen LogP contribution in [0, 0.1) is 11.3 Å². The fourth-order valence-corrected chi connectivity index (χ4v) is 4.31. The summed E-state index contributed by atoms with van der Waals surface area (Å²) in [6.45, 7) is 10.4. The number of benzene rings is 2. The van der Waals surface area contributed by atoms with Crippen molar-refractivity contribution >= 4 is 34.7 Å². The van der Waals surface area contributed by atoms with Crippen molar-refractivity contribution in [1.82, 2.24) is 0 Å². The maximum atomic E-state index is 7.66. The van der Waals surface area contributed by atoms with E-state index in [2.05, 4.69) is 67.2 Å². The van der Waals surface area contributed by atoms with Gasteiger partial charge in [-0.15, -0.1) is 0 Å². The highest BCUT2D eigenvalue weighted by Crippen LogP contribution is 2.38. The van der Waals surface area contributed by atoms with Gasteiger partial charge < -0.3 is 26.1 Å². The fraction of sp³-hybridized carbons (Fsp3) is 0.310. The molecule has 4 N–H and O–H groups in total.